The summed E-state index contributed by atoms with van der Waals surface area (Å²) in [6.45, 7) is 4.38. The molecule has 102 valence electrons. The van der Waals surface area contributed by atoms with Crippen molar-refractivity contribution in [2.75, 3.05) is 18.1 Å². The topological polar surface area (TPSA) is 66.5 Å². The van der Waals surface area contributed by atoms with Crippen molar-refractivity contribution in [3.8, 4) is 0 Å². The molecular formula is C12H20N2O3S. The van der Waals surface area contributed by atoms with Crippen molar-refractivity contribution in [3.05, 3.63) is 0 Å². The van der Waals surface area contributed by atoms with Crippen LogP contribution >= 0.6 is 11.8 Å². The first-order valence-electron chi connectivity index (χ1n) is 6.35. The van der Waals surface area contributed by atoms with Crippen LogP contribution in [0.3, 0.4) is 0 Å². The molecule has 0 aromatic heterocycles. The molecule has 1 aliphatic rings. The number of carbonyl (C=O) groups is 3. The number of hydrogen-bond donors (Lipinski definition) is 1. The molecule has 1 unspecified atom stereocenters. The van der Waals surface area contributed by atoms with Gasteiger partial charge in [-0.15, -0.1) is 0 Å². The van der Waals surface area contributed by atoms with Crippen molar-refractivity contribution in [1.82, 2.24) is 10.2 Å². The second-order valence-corrected chi connectivity index (χ2v) is 5.57. The van der Waals surface area contributed by atoms with Gasteiger partial charge in [0.1, 0.15) is 5.92 Å². The van der Waals surface area contributed by atoms with E-state index >= 15 is 0 Å². The molecule has 1 rings (SSSR count). The lowest BCUT2D eigenvalue weighted by molar-refractivity contribution is -0.142. The summed E-state index contributed by atoms with van der Waals surface area (Å²) in [6.07, 6.45) is 2.01. The van der Waals surface area contributed by atoms with Crippen LogP contribution in [0.5, 0.6) is 0 Å². The van der Waals surface area contributed by atoms with Crippen LogP contribution in [0.25, 0.3) is 0 Å². The first-order chi connectivity index (χ1) is 8.61. The van der Waals surface area contributed by atoms with Crippen LogP contribution in [0.1, 0.15) is 33.1 Å². The lowest BCUT2D eigenvalue weighted by Gasteiger charge is -2.29. The molecule has 0 saturated carbocycles. The summed E-state index contributed by atoms with van der Waals surface area (Å²) < 4.78 is 0. The van der Waals surface area contributed by atoms with E-state index in [0.717, 1.165) is 24.3 Å². The number of nitrogens with one attached hydrogen (secondary N) is 1. The molecule has 1 heterocycles. The normalized spacial score (nSPS) is 20.2. The molecule has 0 radical (unpaired) electrons. The van der Waals surface area contributed by atoms with Gasteiger partial charge >= 0.3 is 6.03 Å². The predicted molar refractivity (Wildman–Crippen MR) is 71.3 cm³/mol. The highest BCUT2D eigenvalue weighted by Gasteiger charge is 2.39. The van der Waals surface area contributed by atoms with E-state index in [1.807, 2.05) is 6.92 Å². The van der Waals surface area contributed by atoms with Crippen molar-refractivity contribution in [2.24, 2.45) is 5.92 Å². The molecule has 0 bridgehead atoms. The van der Waals surface area contributed by atoms with Gasteiger partial charge in [-0.25, -0.2) is 4.79 Å². The quantitative estimate of drug-likeness (QED) is 0.565. The van der Waals surface area contributed by atoms with Gasteiger partial charge in [0.15, 0.2) is 0 Å². The molecule has 0 aromatic rings. The van der Waals surface area contributed by atoms with E-state index in [9.17, 15) is 14.4 Å². The number of rotatable bonds is 7. The molecule has 1 fully saturated rings. The Morgan fingerprint density at radius 3 is 2.61 bits per heavy atom. The molecule has 4 amide bonds. The van der Waals surface area contributed by atoms with Crippen molar-refractivity contribution < 1.29 is 14.4 Å². The van der Waals surface area contributed by atoms with Gasteiger partial charge in [0, 0.05) is 6.54 Å². The zero-order chi connectivity index (χ0) is 13.5. The van der Waals surface area contributed by atoms with Gasteiger partial charge in [0.05, 0.1) is 0 Å². The minimum atomic E-state index is -0.688. The van der Waals surface area contributed by atoms with E-state index in [1.54, 1.807) is 11.8 Å². The largest absolute Gasteiger partial charge is 0.330 e. The summed E-state index contributed by atoms with van der Waals surface area (Å²) in [5.74, 6) is 0.460. The van der Waals surface area contributed by atoms with Crippen molar-refractivity contribution in [3.63, 3.8) is 0 Å². The molecule has 6 heteroatoms. The zero-order valence-corrected chi connectivity index (χ0v) is 11.7. The first kappa shape index (κ1) is 15.0. The van der Waals surface area contributed by atoms with E-state index in [1.165, 1.54) is 4.90 Å². The Bertz CT molecular complexity index is 333. The minimum Gasteiger partial charge on any atom is -0.277 e. The first-order valence-corrected chi connectivity index (χ1v) is 7.51. The monoisotopic (exact) mass is 272 g/mol. The van der Waals surface area contributed by atoms with E-state index in [-0.39, 0.29) is 5.91 Å². The lowest BCUT2D eigenvalue weighted by atomic mass is 9.99. The molecule has 0 aromatic carbocycles. The Labute approximate surface area is 112 Å². The molecule has 0 aliphatic carbocycles. The van der Waals surface area contributed by atoms with Crippen LogP contribution in [0, 0.1) is 5.92 Å². The smallest absolute Gasteiger partial charge is 0.277 e. The highest BCUT2D eigenvalue weighted by Crippen LogP contribution is 2.16. The molecule has 1 N–H and O–H groups in total. The van der Waals surface area contributed by atoms with Gasteiger partial charge < -0.3 is 0 Å². The van der Waals surface area contributed by atoms with Crippen LogP contribution in [0.4, 0.5) is 4.79 Å². The van der Waals surface area contributed by atoms with Gasteiger partial charge in [0.25, 0.3) is 0 Å². The fourth-order valence-corrected chi connectivity index (χ4v) is 2.51. The maximum Gasteiger partial charge on any atom is 0.330 e. The minimum absolute atomic E-state index is 0.341. The summed E-state index contributed by atoms with van der Waals surface area (Å²) in [5.41, 5.74) is 0. The summed E-state index contributed by atoms with van der Waals surface area (Å²) in [5, 5.41) is 2.26. The average molecular weight is 272 g/mol. The van der Waals surface area contributed by atoms with E-state index < -0.39 is 17.9 Å². The summed E-state index contributed by atoms with van der Waals surface area (Å²) >= 11 is 1.77. The fraction of sp³-hybridized carbons (Fsp3) is 0.750. The van der Waals surface area contributed by atoms with Gasteiger partial charge in [-0.3, -0.25) is 19.8 Å². The third-order valence-electron chi connectivity index (χ3n) is 2.81. The second kappa shape index (κ2) is 7.41. The number of carbonyl (C=O) groups excluding carboxylic acids is 3. The average Bonchev–Trinajstić information content (AvgIpc) is 2.33. The Kier molecular flexibility index (Phi) is 6.18. The highest BCUT2D eigenvalue weighted by atomic mass is 32.2. The number of nitrogens with zero attached hydrogens (tertiary/aromatic N) is 1. The maximum atomic E-state index is 12.0. The number of imide groups is 2. The van der Waals surface area contributed by atoms with Crippen LogP contribution < -0.4 is 5.32 Å². The predicted octanol–water partition coefficient (Wildman–Crippen LogP) is 1.62. The second-order valence-electron chi connectivity index (χ2n) is 4.18. The standard InChI is InChI=1S/C12H20N2O3S/c1-3-6-9-10(15)13-12(17)14(11(9)16)7-5-8-18-4-2/h9H,3-8H2,1-2H3,(H,13,15,17). The fourth-order valence-electron chi connectivity index (χ4n) is 1.88. The van der Waals surface area contributed by atoms with Crippen LogP contribution in [0.2, 0.25) is 0 Å². The molecule has 18 heavy (non-hydrogen) atoms. The van der Waals surface area contributed by atoms with Crippen molar-refractivity contribution >= 4 is 29.6 Å². The zero-order valence-electron chi connectivity index (χ0n) is 10.9. The highest BCUT2D eigenvalue weighted by molar-refractivity contribution is 7.99. The Balaban J connectivity index is 2.57. The van der Waals surface area contributed by atoms with Gasteiger partial charge in [-0.05, 0) is 24.3 Å². The molecule has 0 spiro atoms. The lowest BCUT2D eigenvalue weighted by Crippen LogP contribution is -2.58. The summed E-state index contributed by atoms with van der Waals surface area (Å²) in [4.78, 5) is 36.4. The number of barbiturate groups is 1. The molecular weight excluding hydrogens is 252 g/mol. The number of urea groups is 1. The van der Waals surface area contributed by atoms with Gasteiger partial charge in [0.2, 0.25) is 11.8 Å². The summed E-state index contributed by atoms with van der Waals surface area (Å²) in [7, 11) is 0. The molecule has 1 atom stereocenters. The van der Waals surface area contributed by atoms with Crippen LogP contribution in [0.15, 0.2) is 0 Å². The third-order valence-corrected chi connectivity index (χ3v) is 3.79. The van der Waals surface area contributed by atoms with Crippen molar-refractivity contribution in [1.29, 1.82) is 0 Å². The molecule has 1 saturated heterocycles. The number of hydrogen-bond acceptors (Lipinski definition) is 4. The molecule has 5 nitrogen and oxygen atoms in total. The van der Waals surface area contributed by atoms with Gasteiger partial charge in [-0.1, -0.05) is 20.3 Å². The van der Waals surface area contributed by atoms with Crippen molar-refractivity contribution in [2.45, 2.75) is 33.1 Å². The number of thioether (sulfide) groups is 1. The summed E-state index contributed by atoms with van der Waals surface area (Å²) in [6, 6.07) is -0.571. The van der Waals surface area contributed by atoms with E-state index in [0.29, 0.717) is 13.0 Å². The number of amides is 4. The Hall–Kier alpha value is -1.04. The molecule has 1 aliphatic heterocycles. The van der Waals surface area contributed by atoms with E-state index in [2.05, 4.69) is 12.2 Å². The van der Waals surface area contributed by atoms with Crippen LogP contribution in [-0.2, 0) is 9.59 Å². The SMILES string of the molecule is CCCC1C(=O)NC(=O)N(CCCSCC)C1=O. The Morgan fingerprint density at radius 1 is 1.28 bits per heavy atom. The van der Waals surface area contributed by atoms with E-state index in [4.69, 9.17) is 0 Å². The maximum absolute atomic E-state index is 12.0. The van der Waals surface area contributed by atoms with Gasteiger partial charge in [-0.2, -0.15) is 11.8 Å². The Morgan fingerprint density at radius 2 is 2.00 bits per heavy atom. The third kappa shape index (κ3) is 3.73. The van der Waals surface area contributed by atoms with Crippen LogP contribution in [-0.4, -0.2) is 40.8 Å².